The van der Waals surface area contributed by atoms with E-state index < -0.39 is 23.8 Å². The maximum atomic E-state index is 14.0. The molecule has 0 unspecified atom stereocenters. The normalized spacial score (nSPS) is 29.9. The highest BCUT2D eigenvalue weighted by Gasteiger charge is 2.43. The lowest BCUT2D eigenvalue weighted by atomic mass is 9.83. The van der Waals surface area contributed by atoms with Gasteiger partial charge in [-0.25, -0.2) is 0 Å². The van der Waals surface area contributed by atoms with Gasteiger partial charge in [0.25, 0.3) is 0 Å². The fourth-order valence-electron chi connectivity index (χ4n) is 7.20. The number of aliphatic hydroxyl groups excluding tert-OH is 2. The Labute approximate surface area is 243 Å². The van der Waals surface area contributed by atoms with Crippen molar-refractivity contribution in [1.29, 1.82) is 0 Å². The van der Waals surface area contributed by atoms with Crippen molar-refractivity contribution in [1.82, 2.24) is 25.3 Å². The smallest absolute Gasteiger partial charge is 0.244 e. The molecule has 4 aliphatic rings. The molecule has 5 rings (SSSR count). The van der Waals surface area contributed by atoms with Gasteiger partial charge in [0.05, 0.1) is 30.6 Å². The Hall–Kier alpha value is -2.53. The predicted molar refractivity (Wildman–Crippen MR) is 155 cm³/mol. The first-order valence-electron chi connectivity index (χ1n) is 15.5. The maximum Gasteiger partial charge on any atom is 0.244 e. The third-order valence-corrected chi connectivity index (χ3v) is 9.57. The minimum Gasteiger partial charge on any atom is -0.393 e. The molecule has 3 aliphatic heterocycles. The SMILES string of the molecule is O=C1C[C@H](O)C[C@H](O)CCNC(=O)[C@@H]2CN(C3CCCC3)CCN2C(=O)CC2(CCN(Cc3ccccc3)CC2)N1. The Bertz CT molecular complexity index is 1040. The zero-order valence-electron chi connectivity index (χ0n) is 24.2. The molecular weight excluding hydrogens is 522 g/mol. The van der Waals surface area contributed by atoms with E-state index in [1.807, 2.05) is 18.2 Å². The topological polar surface area (TPSA) is 125 Å². The molecule has 10 heteroatoms. The summed E-state index contributed by atoms with van der Waals surface area (Å²) in [4.78, 5) is 47.1. The van der Waals surface area contributed by atoms with Crippen molar-refractivity contribution >= 4 is 17.7 Å². The molecule has 10 nitrogen and oxygen atoms in total. The van der Waals surface area contributed by atoms with E-state index in [0.29, 0.717) is 32.0 Å². The van der Waals surface area contributed by atoms with E-state index in [9.17, 15) is 24.6 Å². The summed E-state index contributed by atoms with van der Waals surface area (Å²) in [5.74, 6) is -0.608. The van der Waals surface area contributed by atoms with Crippen LogP contribution in [-0.2, 0) is 20.9 Å². The van der Waals surface area contributed by atoms with E-state index in [4.69, 9.17) is 0 Å². The van der Waals surface area contributed by atoms with Gasteiger partial charge < -0.3 is 25.7 Å². The van der Waals surface area contributed by atoms with Crippen molar-refractivity contribution in [2.75, 3.05) is 39.3 Å². The van der Waals surface area contributed by atoms with E-state index in [0.717, 1.165) is 39.0 Å². The molecule has 226 valence electrons. The molecule has 4 fully saturated rings. The number of likely N-dealkylation sites (tertiary alicyclic amines) is 1. The van der Waals surface area contributed by atoms with Crippen LogP contribution >= 0.6 is 0 Å². The fourth-order valence-corrected chi connectivity index (χ4v) is 7.20. The highest BCUT2D eigenvalue weighted by molar-refractivity contribution is 5.89. The first-order chi connectivity index (χ1) is 19.8. The van der Waals surface area contributed by atoms with Gasteiger partial charge in [0.1, 0.15) is 6.04 Å². The lowest BCUT2D eigenvalue weighted by Crippen LogP contribution is -2.64. The third-order valence-electron chi connectivity index (χ3n) is 9.57. The van der Waals surface area contributed by atoms with Crippen molar-refractivity contribution in [2.24, 2.45) is 0 Å². The standard InChI is InChI=1S/C31H47N5O5/c37-25-10-13-32-30(41)27-22-35(24-8-4-5-9-24)16-17-36(27)29(40)20-31(33-28(39)19-26(38)18-25)11-14-34(15-12-31)21-23-6-2-1-3-7-23/h1-3,6-7,24-27,37-38H,4-5,8-22H2,(H,32,41)(H,33,39)/t25-,26-,27+/m1/s1. The predicted octanol–water partition coefficient (Wildman–Crippen LogP) is 1.00. The molecule has 0 aromatic heterocycles. The second kappa shape index (κ2) is 13.6. The summed E-state index contributed by atoms with van der Waals surface area (Å²) in [5.41, 5.74) is 0.477. The number of carbonyl (C=O) groups is 3. The molecule has 0 bridgehead atoms. The van der Waals surface area contributed by atoms with Gasteiger partial charge in [-0.3, -0.25) is 24.2 Å². The second-order valence-electron chi connectivity index (χ2n) is 12.6. The number of nitrogens with zero attached hydrogens (tertiary/aromatic N) is 3. The van der Waals surface area contributed by atoms with Crippen LogP contribution in [0.4, 0.5) is 0 Å². The average molecular weight is 570 g/mol. The van der Waals surface area contributed by atoms with Crippen molar-refractivity contribution in [3.8, 4) is 0 Å². The zero-order valence-corrected chi connectivity index (χ0v) is 24.2. The Balaban J connectivity index is 1.34. The molecule has 1 aromatic carbocycles. The number of aliphatic hydroxyl groups is 2. The number of hydrogen-bond donors (Lipinski definition) is 4. The van der Waals surface area contributed by atoms with Gasteiger partial charge in [-0.15, -0.1) is 0 Å². The lowest BCUT2D eigenvalue weighted by molar-refractivity contribution is -0.146. The molecule has 1 spiro atoms. The van der Waals surface area contributed by atoms with Gasteiger partial charge in [0, 0.05) is 51.9 Å². The highest BCUT2D eigenvalue weighted by Crippen LogP contribution is 2.31. The van der Waals surface area contributed by atoms with Crippen molar-refractivity contribution in [2.45, 2.75) is 101 Å². The summed E-state index contributed by atoms with van der Waals surface area (Å²) in [5, 5.41) is 27.1. The molecule has 0 radical (unpaired) electrons. The van der Waals surface area contributed by atoms with Gasteiger partial charge >= 0.3 is 0 Å². The second-order valence-corrected chi connectivity index (χ2v) is 12.6. The summed E-state index contributed by atoms with van der Waals surface area (Å²) in [6, 6.07) is 10.1. The van der Waals surface area contributed by atoms with Crippen molar-refractivity contribution in [3.05, 3.63) is 35.9 Å². The summed E-state index contributed by atoms with van der Waals surface area (Å²) in [6.07, 6.45) is 4.38. The fraction of sp³-hybridized carbons (Fsp3) is 0.710. The van der Waals surface area contributed by atoms with Crippen LogP contribution in [0.3, 0.4) is 0 Å². The lowest BCUT2D eigenvalue weighted by Gasteiger charge is -2.46. The summed E-state index contributed by atoms with van der Waals surface area (Å²) in [7, 11) is 0. The number of benzene rings is 1. The van der Waals surface area contributed by atoms with E-state index in [-0.39, 0.29) is 49.9 Å². The Morgan fingerprint density at radius 2 is 1.63 bits per heavy atom. The first kappa shape index (κ1) is 29.9. The van der Waals surface area contributed by atoms with Crippen molar-refractivity contribution < 1.29 is 24.6 Å². The Morgan fingerprint density at radius 3 is 2.37 bits per heavy atom. The molecule has 3 atom stereocenters. The van der Waals surface area contributed by atoms with E-state index in [2.05, 4.69) is 32.6 Å². The van der Waals surface area contributed by atoms with Crippen LogP contribution in [0.25, 0.3) is 0 Å². The van der Waals surface area contributed by atoms with Crippen LogP contribution in [-0.4, -0.2) is 112 Å². The van der Waals surface area contributed by atoms with Gasteiger partial charge in [-0.2, -0.15) is 0 Å². The minimum atomic E-state index is -0.997. The molecule has 3 amide bonds. The summed E-state index contributed by atoms with van der Waals surface area (Å²) in [6.45, 7) is 4.25. The Morgan fingerprint density at radius 1 is 0.902 bits per heavy atom. The highest BCUT2D eigenvalue weighted by atomic mass is 16.3. The number of amides is 3. The maximum absolute atomic E-state index is 14.0. The number of piperidine rings is 1. The van der Waals surface area contributed by atoms with Crippen LogP contribution in [0.1, 0.15) is 69.8 Å². The zero-order chi connectivity index (χ0) is 28.8. The third kappa shape index (κ3) is 7.85. The van der Waals surface area contributed by atoms with Gasteiger partial charge in [-0.1, -0.05) is 43.2 Å². The van der Waals surface area contributed by atoms with Crippen LogP contribution in [0, 0.1) is 0 Å². The molecule has 3 saturated heterocycles. The van der Waals surface area contributed by atoms with Crippen LogP contribution in [0.15, 0.2) is 30.3 Å². The average Bonchev–Trinajstić information content (AvgIpc) is 3.49. The van der Waals surface area contributed by atoms with Gasteiger partial charge in [0.2, 0.25) is 17.7 Å². The molecule has 1 saturated carbocycles. The summed E-state index contributed by atoms with van der Waals surface area (Å²) >= 11 is 0. The molecule has 3 heterocycles. The number of carbonyl (C=O) groups excluding carboxylic acids is 3. The number of nitrogens with one attached hydrogen (secondary N) is 2. The molecule has 41 heavy (non-hydrogen) atoms. The van der Waals surface area contributed by atoms with E-state index >= 15 is 0 Å². The van der Waals surface area contributed by atoms with E-state index in [1.165, 1.54) is 18.4 Å². The number of fused-ring (bicyclic) bond motifs is 1. The monoisotopic (exact) mass is 569 g/mol. The molecule has 4 N–H and O–H groups in total. The van der Waals surface area contributed by atoms with Crippen LogP contribution < -0.4 is 10.6 Å². The summed E-state index contributed by atoms with van der Waals surface area (Å²) < 4.78 is 0. The Kier molecular flexibility index (Phi) is 9.95. The number of hydrogen-bond acceptors (Lipinski definition) is 7. The van der Waals surface area contributed by atoms with Crippen LogP contribution in [0.2, 0.25) is 0 Å². The number of piperazine rings is 1. The molecular formula is C31H47N5O5. The van der Waals surface area contributed by atoms with Gasteiger partial charge in [-0.05, 0) is 44.1 Å². The first-order valence-corrected chi connectivity index (χ1v) is 15.5. The largest absolute Gasteiger partial charge is 0.393 e. The molecule has 1 aromatic rings. The minimum absolute atomic E-state index is 0.0606. The van der Waals surface area contributed by atoms with Gasteiger partial charge in [0.15, 0.2) is 0 Å². The van der Waals surface area contributed by atoms with Crippen molar-refractivity contribution in [3.63, 3.8) is 0 Å². The van der Waals surface area contributed by atoms with Crippen LogP contribution in [0.5, 0.6) is 0 Å². The number of rotatable bonds is 3. The van der Waals surface area contributed by atoms with E-state index in [1.54, 1.807) is 4.90 Å². The quantitative estimate of drug-likeness (QED) is 0.428. The molecule has 1 aliphatic carbocycles.